The van der Waals surface area contributed by atoms with E-state index in [1.165, 1.54) is 19.3 Å². The van der Waals surface area contributed by atoms with Crippen LogP contribution in [-0.2, 0) is 0 Å². The maximum atomic E-state index is 8.66. The minimum absolute atomic E-state index is 0.0601. The van der Waals surface area contributed by atoms with E-state index < -0.39 is 0 Å². The summed E-state index contributed by atoms with van der Waals surface area (Å²) in [7, 11) is 0. The van der Waals surface area contributed by atoms with E-state index in [-0.39, 0.29) is 12.6 Å². The molecule has 14 heavy (non-hydrogen) atoms. The third-order valence-corrected chi connectivity index (χ3v) is 2.03. The van der Waals surface area contributed by atoms with Crippen LogP contribution in [0.5, 0.6) is 0 Å². The molecule has 0 bridgehead atoms. The summed E-state index contributed by atoms with van der Waals surface area (Å²) in [6.45, 7) is 2.27. The van der Waals surface area contributed by atoms with Crippen LogP contribution in [0.1, 0.15) is 39.0 Å². The average molecular weight is 197 g/mol. The zero-order valence-electron chi connectivity index (χ0n) is 9.15. The van der Waals surface area contributed by atoms with Gasteiger partial charge in [0, 0.05) is 6.04 Å². The zero-order chi connectivity index (χ0) is 10.6. The summed E-state index contributed by atoms with van der Waals surface area (Å²) in [5.74, 6) is 0. The number of rotatable bonds is 8. The second-order valence-corrected chi connectivity index (χ2v) is 3.53. The molecule has 0 aromatic rings. The molecule has 2 heteroatoms. The van der Waals surface area contributed by atoms with Crippen molar-refractivity contribution in [2.75, 3.05) is 6.61 Å². The molecule has 0 saturated carbocycles. The van der Waals surface area contributed by atoms with Crippen molar-refractivity contribution in [3.05, 3.63) is 24.3 Å². The summed E-state index contributed by atoms with van der Waals surface area (Å²) in [5.41, 5.74) is 5.53. The van der Waals surface area contributed by atoms with Gasteiger partial charge in [0.2, 0.25) is 0 Å². The van der Waals surface area contributed by atoms with E-state index in [0.717, 1.165) is 12.8 Å². The van der Waals surface area contributed by atoms with Crippen molar-refractivity contribution < 1.29 is 5.11 Å². The summed E-state index contributed by atoms with van der Waals surface area (Å²) in [6, 6.07) is -0.111. The Labute approximate surface area is 87.5 Å². The highest BCUT2D eigenvalue weighted by Gasteiger charge is 1.93. The molecule has 0 fully saturated rings. The molecule has 0 radical (unpaired) electrons. The van der Waals surface area contributed by atoms with Crippen LogP contribution >= 0.6 is 0 Å². The largest absolute Gasteiger partial charge is 0.395 e. The lowest BCUT2D eigenvalue weighted by Gasteiger charge is -2.01. The van der Waals surface area contributed by atoms with Crippen molar-refractivity contribution in [3.8, 4) is 0 Å². The smallest absolute Gasteiger partial charge is 0.0585 e. The summed E-state index contributed by atoms with van der Waals surface area (Å²) in [5, 5.41) is 8.66. The van der Waals surface area contributed by atoms with Crippen molar-refractivity contribution in [2.24, 2.45) is 5.73 Å². The third-order valence-electron chi connectivity index (χ3n) is 2.03. The molecule has 0 amide bonds. The summed E-state index contributed by atoms with van der Waals surface area (Å²) in [4.78, 5) is 0. The van der Waals surface area contributed by atoms with Gasteiger partial charge >= 0.3 is 0 Å². The summed E-state index contributed by atoms with van der Waals surface area (Å²) >= 11 is 0. The Morgan fingerprint density at radius 3 is 2.57 bits per heavy atom. The third kappa shape index (κ3) is 9.49. The van der Waals surface area contributed by atoms with Crippen LogP contribution in [0.2, 0.25) is 0 Å². The standard InChI is InChI=1S/C12H23NO/c1-2-3-4-5-6-7-8-9-10-12(13)11-14/h6-9,12,14H,2-5,10-11,13H2,1H3/b7-6+,9-8+. The molecule has 0 aliphatic rings. The molecular formula is C12H23NO. The minimum Gasteiger partial charge on any atom is -0.395 e. The van der Waals surface area contributed by atoms with Gasteiger partial charge in [0.15, 0.2) is 0 Å². The topological polar surface area (TPSA) is 46.2 Å². The van der Waals surface area contributed by atoms with E-state index in [0.29, 0.717) is 0 Å². The van der Waals surface area contributed by atoms with E-state index in [4.69, 9.17) is 10.8 Å². The molecule has 0 aliphatic carbocycles. The van der Waals surface area contributed by atoms with Crippen molar-refractivity contribution in [1.82, 2.24) is 0 Å². The fraction of sp³-hybridized carbons (Fsp3) is 0.667. The van der Waals surface area contributed by atoms with Crippen LogP contribution in [0.3, 0.4) is 0 Å². The Bertz CT molecular complexity index is 164. The highest BCUT2D eigenvalue weighted by molar-refractivity contribution is 5.03. The van der Waals surface area contributed by atoms with E-state index in [2.05, 4.69) is 19.1 Å². The zero-order valence-corrected chi connectivity index (χ0v) is 9.15. The van der Waals surface area contributed by atoms with Crippen LogP contribution < -0.4 is 5.73 Å². The van der Waals surface area contributed by atoms with Crippen LogP contribution in [0, 0.1) is 0 Å². The number of aliphatic hydroxyl groups is 1. The molecule has 2 nitrogen and oxygen atoms in total. The number of nitrogens with two attached hydrogens (primary N) is 1. The SMILES string of the molecule is CCCCC/C=C/C=C/CC(N)CO. The van der Waals surface area contributed by atoms with E-state index in [1.54, 1.807) is 0 Å². The summed E-state index contributed by atoms with van der Waals surface area (Å²) in [6.07, 6.45) is 14.0. The molecule has 3 N–H and O–H groups in total. The van der Waals surface area contributed by atoms with Crippen LogP contribution in [0.15, 0.2) is 24.3 Å². The number of aliphatic hydroxyl groups excluding tert-OH is 1. The second-order valence-electron chi connectivity index (χ2n) is 3.53. The second kappa shape index (κ2) is 10.5. The molecule has 0 spiro atoms. The fourth-order valence-electron chi connectivity index (χ4n) is 1.09. The highest BCUT2D eigenvalue weighted by Crippen LogP contribution is 1.99. The van der Waals surface area contributed by atoms with Crippen molar-refractivity contribution >= 4 is 0 Å². The first-order chi connectivity index (χ1) is 6.81. The maximum absolute atomic E-state index is 8.66. The van der Waals surface area contributed by atoms with Crippen LogP contribution in [-0.4, -0.2) is 17.8 Å². The van der Waals surface area contributed by atoms with Gasteiger partial charge in [0.05, 0.1) is 6.61 Å². The monoisotopic (exact) mass is 197 g/mol. The van der Waals surface area contributed by atoms with Gasteiger partial charge in [-0.1, -0.05) is 44.1 Å². The van der Waals surface area contributed by atoms with Gasteiger partial charge in [-0.15, -0.1) is 0 Å². The highest BCUT2D eigenvalue weighted by atomic mass is 16.3. The van der Waals surface area contributed by atoms with Crippen LogP contribution in [0.25, 0.3) is 0 Å². The molecule has 0 saturated heterocycles. The lowest BCUT2D eigenvalue weighted by molar-refractivity contribution is 0.266. The predicted octanol–water partition coefficient (Wildman–Crippen LogP) is 2.39. The quantitative estimate of drug-likeness (QED) is 0.463. The molecule has 1 atom stereocenters. The van der Waals surface area contributed by atoms with Crippen LogP contribution in [0.4, 0.5) is 0 Å². The van der Waals surface area contributed by atoms with Gasteiger partial charge in [0.1, 0.15) is 0 Å². The predicted molar refractivity (Wildman–Crippen MR) is 62.1 cm³/mol. The molecule has 0 heterocycles. The molecular weight excluding hydrogens is 174 g/mol. The number of unbranched alkanes of at least 4 members (excludes halogenated alkanes) is 3. The fourth-order valence-corrected chi connectivity index (χ4v) is 1.09. The molecule has 1 unspecified atom stereocenters. The normalized spacial score (nSPS) is 14.2. The van der Waals surface area contributed by atoms with E-state index >= 15 is 0 Å². The Morgan fingerprint density at radius 1 is 1.21 bits per heavy atom. The molecule has 0 aromatic carbocycles. The number of hydrogen-bond acceptors (Lipinski definition) is 2. The maximum Gasteiger partial charge on any atom is 0.0585 e. The first kappa shape index (κ1) is 13.4. The Balaban J connectivity index is 3.32. The van der Waals surface area contributed by atoms with Gasteiger partial charge in [-0.2, -0.15) is 0 Å². The van der Waals surface area contributed by atoms with Crippen molar-refractivity contribution in [1.29, 1.82) is 0 Å². The first-order valence-corrected chi connectivity index (χ1v) is 5.49. The number of hydrogen-bond donors (Lipinski definition) is 2. The van der Waals surface area contributed by atoms with Gasteiger partial charge in [-0.25, -0.2) is 0 Å². The van der Waals surface area contributed by atoms with Crippen molar-refractivity contribution in [2.45, 2.75) is 45.1 Å². The van der Waals surface area contributed by atoms with Gasteiger partial charge in [-0.3, -0.25) is 0 Å². The lowest BCUT2D eigenvalue weighted by atomic mass is 10.2. The molecule has 0 aliphatic heterocycles. The Kier molecular flexibility index (Phi) is 10.0. The first-order valence-electron chi connectivity index (χ1n) is 5.49. The van der Waals surface area contributed by atoms with E-state index in [1.807, 2.05) is 12.2 Å². The Morgan fingerprint density at radius 2 is 1.93 bits per heavy atom. The molecule has 0 aromatic heterocycles. The number of allylic oxidation sites excluding steroid dienone is 3. The van der Waals surface area contributed by atoms with Gasteiger partial charge in [0.25, 0.3) is 0 Å². The lowest BCUT2D eigenvalue weighted by Crippen LogP contribution is -2.22. The van der Waals surface area contributed by atoms with E-state index in [9.17, 15) is 0 Å². The molecule has 82 valence electrons. The molecule has 0 rings (SSSR count). The Hall–Kier alpha value is -0.600. The minimum atomic E-state index is -0.111. The average Bonchev–Trinajstić information content (AvgIpc) is 2.21. The summed E-state index contributed by atoms with van der Waals surface area (Å²) < 4.78 is 0. The van der Waals surface area contributed by atoms with Gasteiger partial charge < -0.3 is 10.8 Å². The van der Waals surface area contributed by atoms with Crippen molar-refractivity contribution in [3.63, 3.8) is 0 Å². The van der Waals surface area contributed by atoms with Gasteiger partial charge in [-0.05, 0) is 19.3 Å².